The van der Waals surface area contributed by atoms with Crippen LogP contribution in [-0.2, 0) is 4.74 Å². The SMILES string of the molecule is CCCCC1CC(NC(=O)OC)CN(C2CCC2)C1. The van der Waals surface area contributed by atoms with E-state index >= 15 is 0 Å². The van der Waals surface area contributed by atoms with Crippen LogP contribution in [0.25, 0.3) is 0 Å². The zero-order valence-electron chi connectivity index (χ0n) is 12.4. The summed E-state index contributed by atoms with van der Waals surface area (Å²) in [6, 6.07) is 1.04. The van der Waals surface area contributed by atoms with Gasteiger partial charge >= 0.3 is 6.09 Å². The molecule has 1 heterocycles. The Morgan fingerprint density at radius 3 is 2.74 bits per heavy atom. The molecule has 1 aliphatic carbocycles. The van der Waals surface area contributed by atoms with Crippen LogP contribution in [0.2, 0.25) is 0 Å². The highest BCUT2D eigenvalue weighted by atomic mass is 16.5. The van der Waals surface area contributed by atoms with Gasteiger partial charge in [0, 0.05) is 25.2 Å². The second kappa shape index (κ2) is 7.13. The first-order chi connectivity index (χ1) is 9.22. The number of amides is 1. The molecule has 1 aliphatic heterocycles. The predicted octanol–water partition coefficient (Wildman–Crippen LogP) is 2.78. The third-order valence-electron chi connectivity index (χ3n) is 4.63. The first-order valence-electron chi connectivity index (χ1n) is 7.81. The van der Waals surface area contributed by atoms with Crippen molar-refractivity contribution in [2.75, 3.05) is 20.2 Å². The Bertz CT molecular complexity index is 292. The molecular weight excluding hydrogens is 240 g/mol. The number of nitrogens with one attached hydrogen (secondary N) is 1. The second-order valence-corrected chi connectivity index (χ2v) is 6.12. The number of ether oxygens (including phenoxy) is 1. The van der Waals surface area contributed by atoms with Gasteiger partial charge in [0.2, 0.25) is 0 Å². The topological polar surface area (TPSA) is 41.6 Å². The van der Waals surface area contributed by atoms with E-state index in [0.29, 0.717) is 0 Å². The Hall–Kier alpha value is -0.770. The quantitative estimate of drug-likeness (QED) is 0.833. The molecule has 2 fully saturated rings. The van der Waals surface area contributed by atoms with Gasteiger partial charge in [-0.15, -0.1) is 0 Å². The van der Waals surface area contributed by atoms with Gasteiger partial charge in [-0.3, -0.25) is 4.90 Å². The number of unbranched alkanes of at least 4 members (excludes halogenated alkanes) is 1. The van der Waals surface area contributed by atoms with Crippen molar-refractivity contribution in [3.05, 3.63) is 0 Å². The number of carbonyl (C=O) groups excluding carboxylic acids is 1. The molecule has 0 aromatic heterocycles. The Labute approximate surface area is 116 Å². The number of carbonyl (C=O) groups is 1. The molecule has 19 heavy (non-hydrogen) atoms. The number of methoxy groups -OCH3 is 1. The Balaban J connectivity index is 1.88. The molecule has 1 amide bonds. The fourth-order valence-corrected chi connectivity index (χ4v) is 3.32. The van der Waals surface area contributed by atoms with Gasteiger partial charge in [-0.1, -0.05) is 26.2 Å². The fraction of sp³-hybridized carbons (Fsp3) is 0.933. The molecule has 0 bridgehead atoms. The highest BCUT2D eigenvalue weighted by molar-refractivity contribution is 5.67. The zero-order chi connectivity index (χ0) is 13.7. The van der Waals surface area contributed by atoms with E-state index in [0.717, 1.165) is 24.9 Å². The molecule has 2 aliphatic rings. The van der Waals surface area contributed by atoms with Crippen molar-refractivity contribution in [1.82, 2.24) is 10.2 Å². The van der Waals surface area contributed by atoms with Crippen LogP contribution in [0, 0.1) is 5.92 Å². The van der Waals surface area contributed by atoms with Gasteiger partial charge in [-0.05, 0) is 31.6 Å². The Kier molecular flexibility index (Phi) is 5.49. The van der Waals surface area contributed by atoms with Crippen LogP contribution < -0.4 is 5.32 Å². The summed E-state index contributed by atoms with van der Waals surface area (Å²) < 4.78 is 4.74. The Morgan fingerprint density at radius 2 is 2.16 bits per heavy atom. The highest BCUT2D eigenvalue weighted by Gasteiger charge is 2.34. The number of rotatable bonds is 5. The molecule has 4 nitrogen and oxygen atoms in total. The lowest BCUT2D eigenvalue weighted by molar-refractivity contribution is 0.0544. The molecule has 1 saturated carbocycles. The summed E-state index contributed by atoms with van der Waals surface area (Å²) >= 11 is 0. The highest BCUT2D eigenvalue weighted by Crippen LogP contribution is 2.30. The average Bonchev–Trinajstić information content (AvgIpc) is 2.34. The molecule has 0 aromatic carbocycles. The fourth-order valence-electron chi connectivity index (χ4n) is 3.32. The van der Waals surface area contributed by atoms with E-state index in [1.54, 1.807) is 0 Å². The monoisotopic (exact) mass is 268 g/mol. The van der Waals surface area contributed by atoms with E-state index in [1.165, 1.54) is 52.2 Å². The molecule has 2 unspecified atom stereocenters. The molecule has 0 aromatic rings. The summed E-state index contributed by atoms with van der Waals surface area (Å²) in [6.07, 6.45) is 8.72. The molecule has 0 spiro atoms. The molecule has 2 atom stereocenters. The van der Waals surface area contributed by atoms with Crippen LogP contribution in [0.5, 0.6) is 0 Å². The summed E-state index contributed by atoms with van der Waals surface area (Å²) in [5, 5.41) is 3.01. The van der Waals surface area contributed by atoms with Crippen LogP contribution in [0.3, 0.4) is 0 Å². The summed E-state index contributed by atoms with van der Waals surface area (Å²) in [5.74, 6) is 0.733. The van der Waals surface area contributed by atoms with Crippen molar-refractivity contribution >= 4 is 6.09 Å². The van der Waals surface area contributed by atoms with E-state index in [2.05, 4.69) is 17.1 Å². The minimum absolute atomic E-state index is 0.267. The first kappa shape index (κ1) is 14.6. The van der Waals surface area contributed by atoms with E-state index < -0.39 is 0 Å². The number of nitrogens with zero attached hydrogens (tertiary/aromatic N) is 1. The maximum Gasteiger partial charge on any atom is 0.407 e. The van der Waals surface area contributed by atoms with E-state index in [4.69, 9.17) is 4.74 Å². The maximum atomic E-state index is 11.4. The van der Waals surface area contributed by atoms with Gasteiger partial charge in [0.1, 0.15) is 0 Å². The molecule has 1 saturated heterocycles. The van der Waals surface area contributed by atoms with Crippen LogP contribution in [0.1, 0.15) is 51.9 Å². The van der Waals surface area contributed by atoms with Crippen molar-refractivity contribution in [3.8, 4) is 0 Å². The molecular formula is C15H28N2O2. The van der Waals surface area contributed by atoms with Gasteiger partial charge in [-0.2, -0.15) is 0 Å². The summed E-state index contributed by atoms with van der Waals surface area (Å²) in [6.45, 7) is 4.48. The van der Waals surface area contributed by atoms with Crippen LogP contribution in [0.15, 0.2) is 0 Å². The lowest BCUT2D eigenvalue weighted by Gasteiger charge is -2.45. The number of piperidine rings is 1. The molecule has 0 radical (unpaired) electrons. The molecule has 2 rings (SSSR count). The van der Waals surface area contributed by atoms with Crippen molar-refractivity contribution in [2.24, 2.45) is 5.92 Å². The number of alkyl carbamates (subject to hydrolysis) is 1. The summed E-state index contributed by atoms with van der Waals surface area (Å²) in [7, 11) is 1.44. The van der Waals surface area contributed by atoms with Gasteiger partial charge < -0.3 is 10.1 Å². The number of hydrogen-bond acceptors (Lipinski definition) is 3. The minimum atomic E-state index is -0.283. The predicted molar refractivity (Wildman–Crippen MR) is 76.2 cm³/mol. The van der Waals surface area contributed by atoms with Crippen molar-refractivity contribution < 1.29 is 9.53 Å². The standard InChI is InChI=1S/C15H28N2O2/c1-3-4-6-12-9-13(16-15(18)19-2)11-17(10-12)14-7-5-8-14/h12-14H,3-11H2,1-2H3,(H,16,18). The Morgan fingerprint density at radius 1 is 1.37 bits per heavy atom. The van der Waals surface area contributed by atoms with E-state index in [-0.39, 0.29) is 12.1 Å². The summed E-state index contributed by atoms with van der Waals surface area (Å²) in [4.78, 5) is 14.0. The normalized spacial score (nSPS) is 28.7. The van der Waals surface area contributed by atoms with Crippen molar-refractivity contribution in [1.29, 1.82) is 0 Å². The maximum absolute atomic E-state index is 11.4. The smallest absolute Gasteiger partial charge is 0.407 e. The lowest BCUT2D eigenvalue weighted by atomic mass is 9.84. The number of hydrogen-bond donors (Lipinski definition) is 1. The minimum Gasteiger partial charge on any atom is -0.453 e. The largest absolute Gasteiger partial charge is 0.453 e. The van der Waals surface area contributed by atoms with Crippen molar-refractivity contribution in [2.45, 2.75) is 64.0 Å². The van der Waals surface area contributed by atoms with Crippen LogP contribution in [-0.4, -0.2) is 43.3 Å². The third-order valence-corrected chi connectivity index (χ3v) is 4.63. The number of likely N-dealkylation sites (tertiary alicyclic amines) is 1. The van der Waals surface area contributed by atoms with Gasteiger partial charge in [0.25, 0.3) is 0 Å². The van der Waals surface area contributed by atoms with Crippen molar-refractivity contribution in [3.63, 3.8) is 0 Å². The molecule has 1 N–H and O–H groups in total. The first-order valence-corrected chi connectivity index (χ1v) is 7.81. The van der Waals surface area contributed by atoms with Gasteiger partial charge in [-0.25, -0.2) is 4.79 Å². The average molecular weight is 268 g/mol. The van der Waals surface area contributed by atoms with E-state index in [1.807, 2.05) is 0 Å². The van der Waals surface area contributed by atoms with Gasteiger partial charge in [0.05, 0.1) is 7.11 Å². The van der Waals surface area contributed by atoms with Crippen LogP contribution >= 0.6 is 0 Å². The third kappa shape index (κ3) is 4.10. The molecule has 4 heteroatoms. The lowest BCUT2D eigenvalue weighted by Crippen LogP contribution is -2.55. The van der Waals surface area contributed by atoms with E-state index in [9.17, 15) is 4.79 Å². The second-order valence-electron chi connectivity index (χ2n) is 6.12. The molecule has 110 valence electrons. The van der Waals surface area contributed by atoms with Gasteiger partial charge in [0.15, 0.2) is 0 Å². The summed E-state index contributed by atoms with van der Waals surface area (Å²) in [5.41, 5.74) is 0. The zero-order valence-corrected chi connectivity index (χ0v) is 12.4. The van der Waals surface area contributed by atoms with Crippen LogP contribution in [0.4, 0.5) is 4.79 Å².